The molecular formula is C3H9BrTi. The van der Waals surface area contributed by atoms with Crippen molar-refractivity contribution in [1.82, 2.24) is 0 Å². The van der Waals surface area contributed by atoms with Crippen LogP contribution < -0.4 is 0 Å². The molecule has 0 unspecified atom stereocenters. The van der Waals surface area contributed by atoms with Crippen molar-refractivity contribution in [3.05, 3.63) is 22.3 Å². The first-order valence-electron chi connectivity index (χ1n) is 0.189. The zero-order valence-electron chi connectivity index (χ0n) is 3.88. The van der Waals surface area contributed by atoms with Gasteiger partial charge in [-0.3, -0.25) is 0 Å². The van der Waals surface area contributed by atoms with Crippen LogP contribution in [0, 0.1) is 22.3 Å². The molecule has 0 amide bonds. The third-order valence-corrected chi connectivity index (χ3v) is 0. The van der Waals surface area contributed by atoms with Crippen LogP contribution in [0.5, 0.6) is 0 Å². The zero-order chi connectivity index (χ0) is 2.00. The van der Waals surface area contributed by atoms with Gasteiger partial charge in [0.1, 0.15) is 0 Å². The Hall–Kier alpha value is 1.19. The topological polar surface area (TPSA) is 0 Å². The molecule has 0 aromatic heterocycles. The predicted octanol–water partition coefficient (Wildman–Crippen LogP) is 2.19. The molecule has 0 saturated heterocycles. The van der Waals surface area contributed by atoms with Crippen LogP contribution in [0.25, 0.3) is 0 Å². The monoisotopic (exact) mass is 172 g/mol. The molecule has 0 spiro atoms. The molecule has 2 heteroatoms. The Morgan fingerprint density at radius 3 is 0.800 bits per heavy atom. The summed E-state index contributed by atoms with van der Waals surface area (Å²) in [7, 11) is 0. The van der Waals surface area contributed by atoms with Crippen LogP contribution in [0.3, 0.4) is 0 Å². The fourth-order valence-electron chi connectivity index (χ4n) is 0. The fraction of sp³-hybridized carbons (Fsp3) is 0. The summed E-state index contributed by atoms with van der Waals surface area (Å²) in [5, 5.41) is 0. The molecule has 0 bridgehead atoms. The van der Waals surface area contributed by atoms with Crippen molar-refractivity contribution in [2.75, 3.05) is 0 Å². The average Bonchev–Trinajstić information content (AvgIpc) is 1.00. The van der Waals surface area contributed by atoms with E-state index in [0.717, 1.165) is 0 Å². The summed E-state index contributed by atoms with van der Waals surface area (Å²) in [5.74, 6) is 0. The quantitative estimate of drug-likeness (QED) is 0.389. The summed E-state index contributed by atoms with van der Waals surface area (Å²) in [5.41, 5.74) is 0. The van der Waals surface area contributed by atoms with Gasteiger partial charge in [0.05, 0.1) is 0 Å². The van der Waals surface area contributed by atoms with E-state index in [1.54, 1.807) is 0 Å². The molecular weight excluding hydrogens is 164 g/mol. The summed E-state index contributed by atoms with van der Waals surface area (Å²) < 4.78 is 0. The first kappa shape index (κ1) is 34.7. The van der Waals surface area contributed by atoms with Gasteiger partial charge >= 0.3 is 31.5 Å². The molecule has 0 radical (unpaired) electrons. The number of rotatable bonds is 0. The van der Waals surface area contributed by atoms with Crippen molar-refractivity contribution in [3.63, 3.8) is 0 Å². The van der Waals surface area contributed by atoms with Crippen molar-refractivity contribution in [3.8, 4) is 0 Å². The van der Waals surface area contributed by atoms with Crippen molar-refractivity contribution in [2.45, 2.75) is 0 Å². The maximum atomic E-state index is 2.94. The van der Waals surface area contributed by atoms with Gasteiger partial charge in [-0.1, -0.05) is 0 Å². The van der Waals surface area contributed by atoms with E-state index in [1.807, 2.05) is 18.3 Å². The molecule has 0 aromatic rings. The third-order valence-electron chi connectivity index (χ3n) is 0. The van der Waals surface area contributed by atoms with E-state index in [1.165, 1.54) is 0 Å². The van der Waals surface area contributed by atoms with Gasteiger partial charge in [-0.2, -0.15) is 0 Å². The molecule has 0 heterocycles. The Morgan fingerprint density at radius 1 is 0.800 bits per heavy atom. The van der Waals surface area contributed by atoms with Gasteiger partial charge < -0.3 is 22.3 Å². The maximum absolute atomic E-state index is 2.94. The van der Waals surface area contributed by atoms with Gasteiger partial charge in [0.15, 0.2) is 0 Å². The second-order valence-electron chi connectivity index (χ2n) is 0. The summed E-state index contributed by atoms with van der Waals surface area (Å²) in [4.78, 5) is 0. The SMILES string of the molecule is [CH3-].[CH3-].[CH3-].[Ti+3][Br]. The Labute approximate surface area is 53.8 Å². The van der Waals surface area contributed by atoms with Gasteiger partial charge in [-0.25, -0.2) is 0 Å². The van der Waals surface area contributed by atoms with Gasteiger partial charge in [-0.05, 0) is 0 Å². The molecule has 0 aliphatic carbocycles. The number of halogens is 1. The molecule has 0 nitrogen and oxygen atoms in total. The molecule has 0 aliphatic rings. The number of hydrogen-bond donors (Lipinski definition) is 0. The van der Waals surface area contributed by atoms with Gasteiger partial charge in [0.2, 0.25) is 0 Å². The van der Waals surface area contributed by atoms with Gasteiger partial charge in [-0.15, -0.1) is 0 Å². The summed E-state index contributed by atoms with van der Waals surface area (Å²) in [6, 6.07) is 0. The second kappa shape index (κ2) is 64.1. The molecule has 32 valence electrons. The molecule has 0 fully saturated rings. The average molecular weight is 173 g/mol. The zero-order valence-corrected chi connectivity index (χ0v) is 7.03. The van der Waals surface area contributed by atoms with Crippen LogP contribution in [0.2, 0.25) is 0 Å². The minimum absolute atomic E-state index is 0. The van der Waals surface area contributed by atoms with Crippen molar-refractivity contribution >= 4 is 13.2 Å². The predicted molar refractivity (Wildman–Crippen MR) is 28.2 cm³/mol. The Morgan fingerprint density at radius 2 is 0.800 bits per heavy atom. The van der Waals surface area contributed by atoms with Crippen LogP contribution in [0.4, 0.5) is 0 Å². The fourth-order valence-corrected chi connectivity index (χ4v) is 0. The molecule has 0 N–H and O–H groups in total. The van der Waals surface area contributed by atoms with Crippen LogP contribution in [-0.2, 0) is 18.3 Å². The Bertz CT molecular complexity index is 6.85. The van der Waals surface area contributed by atoms with Crippen LogP contribution in [0.15, 0.2) is 0 Å². The van der Waals surface area contributed by atoms with E-state index in [2.05, 4.69) is 13.2 Å². The molecule has 0 aromatic carbocycles. The first-order valence-corrected chi connectivity index (χ1v) is 4.05. The molecule has 0 rings (SSSR count). The van der Waals surface area contributed by atoms with Crippen LogP contribution in [-0.4, -0.2) is 0 Å². The van der Waals surface area contributed by atoms with Crippen molar-refractivity contribution < 1.29 is 18.3 Å². The van der Waals surface area contributed by atoms with Crippen molar-refractivity contribution in [1.29, 1.82) is 0 Å². The summed E-state index contributed by atoms with van der Waals surface area (Å²) in [6.45, 7) is 0. The Balaban J connectivity index is -0.00000000167. The Kier molecular flexibility index (Phi) is 445. The van der Waals surface area contributed by atoms with Crippen LogP contribution >= 0.6 is 13.2 Å². The van der Waals surface area contributed by atoms with Gasteiger partial charge in [0.25, 0.3) is 0 Å². The summed E-state index contributed by atoms with van der Waals surface area (Å²) in [6.07, 6.45) is 0. The molecule has 0 atom stereocenters. The molecule has 0 saturated carbocycles. The standard InChI is InChI=1S/3CH3.BrH.Ti/h3*1H3;1H;/q3*-1;;+4/p-1. The molecule has 5 heavy (non-hydrogen) atoms. The van der Waals surface area contributed by atoms with E-state index < -0.39 is 0 Å². The van der Waals surface area contributed by atoms with E-state index in [-0.39, 0.29) is 22.3 Å². The van der Waals surface area contributed by atoms with E-state index in [4.69, 9.17) is 0 Å². The van der Waals surface area contributed by atoms with Crippen molar-refractivity contribution in [2.24, 2.45) is 0 Å². The summed E-state index contributed by atoms with van der Waals surface area (Å²) >= 11 is 4.75. The van der Waals surface area contributed by atoms with Gasteiger partial charge in [0, 0.05) is 0 Å². The normalized spacial score (nSPS) is 1.40. The van der Waals surface area contributed by atoms with E-state index in [9.17, 15) is 0 Å². The number of hydrogen-bond acceptors (Lipinski definition) is 0. The first-order chi connectivity index (χ1) is 1.00. The van der Waals surface area contributed by atoms with Crippen LogP contribution in [0.1, 0.15) is 0 Å². The van der Waals surface area contributed by atoms with E-state index >= 15 is 0 Å². The minimum atomic E-state index is 0. The van der Waals surface area contributed by atoms with E-state index in [0.29, 0.717) is 0 Å². The second-order valence-corrected chi connectivity index (χ2v) is 0. The molecule has 0 aliphatic heterocycles. The third kappa shape index (κ3) is 37.2.